The molecule has 0 saturated carbocycles. The van der Waals surface area contributed by atoms with Crippen LogP contribution in [0.4, 0.5) is 5.69 Å². The van der Waals surface area contributed by atoms with Crippen LogP contribution in [0.3, 0.4) is 0 Å². The van der Waals surface area contributed by atoms with Crippen LogP contribution in [0.25, 0.3) is 0 Å². The minimum absolute atomic E-state index is 0. The van der Waals surface area contributed by atoms with Gasteiger partial charge >= 0.3 is 0 Å². The van der Waals surface area contributed by atoms with Crippen molar-refractivity contribution in [2.45, 2.75) is 46.2 Å². The molecule has 138 valence electrons. The van der Waals surface area contributed by atoms with Crippen molar-refractivity contribution in [3.63, 3.8) is 0 Å². The molecule has 0 aromatic heterocycles. The quantitative estimate of drug-likeness (QED) is 0.769. The summed E-state index contributed by atoms with van der Waals surface area (Å²) in [6.07, 6.45) is 1.46. The second-order valence-corrected chi connectivity index (χ2v) is 6.84. The van der Waals surface area contributed by atoms with Crippen LogP contribution in [0.1, 0.15) is 37.3 Å². The van der Waals surface area contributed by atoms with Gasteiger partial charge in [0.1, 0.15) is 0 Å². The van der Waals surface area contributed by atoms with E-state index >= 15 is 0 Å². The molecule has 2 heterocycles. The maximum absolute atomic E-state index is 12.1. The molecule has 25 heavy (non-hydrogen) atoms. The molecule has 2 amide bonds. The molecule has 1 aromatic carbocycles. The van der Waals surface area contributed by atoms with Crippen LogP contribution in [0.2, 0.25) is 0 Å². The Balaban J connectivity index is 0.00000225. The molecular weight excluding hydrogens is 338 g/mol. The molecule has 0 aliphatic carbocycles. The number of piperazine rings is 1. The van der Waals surface area contributed by atoms with Crippen molar-refractivity contribution in [3.05, 3.63) is 29.3 Å². The molecule has 2 aliphatic rings. The summed E-state index contributed by atoms with van der Waals surface area (Å²) in [6.45, 7) is 9.94. The molecule has 1 unspecified atom stereocenters. The Morgan fingerprint density at radius 1 is 0.960 bits per heavy atom. The van der Waals surface area contributed by atoms with E-state index < -0.39 is 0 Å². The van der Waals surface area contributed by atoms with Crippen molar-refractivity contribution in [2.75, 3.05) is 31.1 Å². The average molecular weight is 366 g/mol. The summed E-state index contributed by atoms with van der Waals surface area (Å²) in [5.41, 5.74) is 3.89. The highest BCUT2D eigenvalue weighted by atomic mass is 35.5. The van der Waals surface area contributed by atoms with E-state index in [-0.39, 0.29) is 30.4 Å². The van der Waals surface area contributed by atoms with Gasteiger partial charge < -0.3 is 4.90 Å². The summed E-state index contributed by atoms with van der Waals surface area (Å²) < 4.78 is 0. The Kier molecular flexibility index (Phi) is 6.47. The zero-order valence-corrected chi connectivity index (χ0v) is 16.1. The number of nitrogens with zero attached hydrogens (tertiary/aromatic N) is 3. The zero-order valence-electron chi connectivity index (χ0n) is 15.3. The van der Waals surface area contributed by atoms with E-state index in [1.54, 1.807) is 0 Å². The van der Waals surface area contributed by atoms with E-state index in [1.807, 2.05) is 0 Å². The fourth-order valence-electron chi connectivity index (χ4n) is 3.73. The molecule has 1 aromatic rings. The fourth-order valence-corrected chi connectivity index (χ4v) is 3.73. The number of halogens is 1. The number of carbonyl (C=O) groups excluding carboxylic acids is 2. The number of carbonyl (C=O) groups is 2. The van der Waals surface area contributed by atoms with Crippen molar-refractivity contribution >= 4 is 29.9 Å². The van der Waals surface area contributed by atoms with Crippen LogP contribution in [-0.4, -0.2) is 54.0 Å². The highest BCUT2D eigenvalue weighted by Crippen LogP contribution is 2.24. The van der Waals surface area contributed by atoms with E-state index in [0.717, 1.165) is 32.6 Å². The maximum atomic E-state index is 12.1. The number of likely N-dealkylation sites (tertiary alicyclic amines) is 1. The van der Waals surface area contributed by atoms with Crippen LogP contribution >= 0.6 is 12.4 Å². The molecular formula is C19H28ClN3O2. The normalized spacial score (nSPS) is 20.0. The molecule has 2 fully saturated rings. The molecule has 2 aliphatic heterocycles. The summed E-state index contributed by atoms with van der Waals surface area (Å²) in [4.78, 5) is 30.3. The third kappa shape index (κ3) is 3.98. The molecule has 0 spiro atoms. The van der Waals surface area contributed by atoms with Crippen molar-refractivity contribution in [1.82, 2.24) is 9.80 Å². The molecule has 1 atom stereocenters. The maximum Gasteiger partial charge on any atom is 0.231 e. The van der Waals surface area contributed by atoms with Gasteiger partial charge in [-0.1, -0.05) is 13.0 Å². The molecule has 0 N–H and O–H groups in total. The minimum Gasteiger partial charge on any atom is -0.369 e. The summed E-state index contributed by atoms with van der Waals surface area (Å²) in [5.74, 6) is -0.0214. The van der Waals surface area contributed by atoms with Crippen LogP contribution in [-0.2, 0) is 9.59 Å². The lowest BCUT2D eigenvalue weighted by Crippen LogP contribution is -2.57. The first-order valence-electron chi connectivity index (χ1n) is 8.92. The van der Waals surface area contributed by atoms with Gasteiger partial charge in [0.2, 0.25) is 11.8 Å². The number of hydrogen-bond donors (Lipinski definition) is 0. The highest BCUT2D eigenvalue weighted by molar-refractivity contribution is 6.02. The van der Waals surface area contributed by atoms with Gasteiger partial charge in [-0.3, -0.25) is 19.4 Å². The summed E-state index contributed by atoms with van der Waals surface area (Å²) in [7, 11) is 0. The Morgan fingerprint density at radius 2 is 1.56 bits per heavy atom. The monoisotopic (exact) mass is 365 g/mol. The Labute approximate surface area is 156 Å². The van der Waals surface area contributed by atoms with Crippen molar-refractivity contribution in [3.8, 4) is 0 Å². The van der Waals surface area contributed by atoms with Crippen molar-refractivity contribution in [2.24, 2.45) is 0 Å². The molecule has 3 rings (SSSR count). The van der Waals surface area contributed by atoms with Crippen LogP contribution < -0.4 is 4.90 Å². The van der Waals surface area contributed by atoms with Crippen LogP contribution in [0, 0.1) is 13.8 Å². The second kappa shape index (κ2) is 8.19. The first-order chi connectivity index (χ1) is 11.5. The first kappa shape index (κ1) is 19.7. The van der Waals surface area contributed by atoms with Gasteiger partial charge in [0.25, 0.3) is 0 Å². The van der Waals surface area contributed by atoms with E-state index in [1.165, 1.54) is 21.7 Å². The Morgan fingerprint density at radius 3 is 2.08 bits per heavy atom. The van der Waals surface area contributed by atoms with Gasteiger partial charge in [-0.2, -0.15) is 0 Å². The molecule has 0 radical (unpaired) electrons. The zero-order chi connectivity index (χ0) is 17.3. The third-order valence-corrected chi connectivity index (χ3v) is 5.34. The predicted octanol–water partition coefficient (Wildman–Crippen LogP) is 2.73. The van der Waals surface area contributed by atoms with Crippen molar-refractivity contribution in [1.29, 1.82) is 0 Å². The van der Waals surface area contributed by atoms with Crippen molar-refractivity contribution < 1.29 is 9.59 Å². The predicted molar refractivity (Wildman–Crippen MR) is 102 cm³/mol. The van der Waals surface area contributed by atoms with Gasteiger partial charge in [0, 0.05) is 44.7 Å². The number of aryl methyl sites for hydroxylation is 2. The summed E-state index contributed by atoms with van der Waals surface area (Å²) >= 11 is 0. The lowest BCUT2D eigenvalue weighted by molar-refractivity contribution is -0.146. The van der Waals surface area contributed by atoms with E-state index in [9.17, 15) is 9.59 Å². The van der Waals surface area contributed by atoms with Gasteiger partial charge in [0.15, 0.2) is 0 Å². The van der Waals surface area contributed by atoms with Crippen LogP contribution in [0.15, 0.2) is 18.2 Å². The summed E-state index contributed by atoms with van der Waals surface area (Å²) in [6, 6.07) is 6.60. The third-order valence-electron chi connectivity index (χ3n) is 5.34. The Hall–Kier alpha value is -1.59. The van der Waals surface area contributed by atoms with E-state index in [4.69, 9.17) is 0 Å². The Bertz CT molecular complexity index is 626. The number of anilines is 1. The lowest BCUT2D eigenvalue weighted by atomic mass is 10.1. The number of benzene rings is 1. The number of imide groups is 1. The molecule has 2 saturated heterocycles. The topological polar surface area (TPSA) is 43.9 Å². The van der Waals surface area contributed by atoms with Gasteiger partial charge in [-0.25, -0.2) is 0 Å². The van der Waals surface area contributed by atoms with Gasteiger partial charge in [0.05, 0.1) is 6.17 Å². The van der Waals surface area contributed by atoms with E-state index in [2.05, 4.69) is 48.8 Å². The van der Waals surface area contributed by atoms with Gasteiger partial charge in [-0.15, -0.1) is 12.4 Å². The first-order valence-corrected chi connectivity index (χ1v) is 8.92. The SMILES string of the molecule is CCC(N1CCN(c2ccc(C)c(C)c2)CC1)N1C(=O)CCC1=O.Cl. The lowest BCUT2D eigenvalue weighted by Gasteiger charge is -2.42. The molecule has 0 bridgehead atoms. The smallest absolute Gasteiger partial charge is 0.231 e. The fraction of sp³-hybridized carbons (Fsp3) is 0.579. The van der Waals surface area contributed by atoms with Gasteiger partial charge in [-0.05, 0) is 43.5 Å². The minimum atomic E-state index is -0.0746. The molecule has 6 heteroatoms. The largest absolute Gasteiger partial charge is 0.369 e. The standard InChI is InChI=1S/C19H27N3O2.ClH/c1-4-17(22-18(23)7-8-19(22)24)21-11-9-20(10-12-21)16-6-5-14(2)15(3)13-16;/h5-6,13,17H,4,7-12H2,1-3H3;1H. The average Bonchev–Trinajstić information content (AvgIpc) is 2.91. The number of amides is 2. The second-order valence-electron chi connectivity index (χ2n) is 6.84. The number of hydrogen-bond acceptors (Lipinski definition) is 4. The molecule has 5 nitrogen and oxygen atoms in total. The summed E-state index contributed by atoms with van der Waals surface area (Å²) in [5, 5.41) is 0. The number of rotatable bonds is 4. The van der Waals surface area contributed by atoms with E-state index in [0.29, 0.717) is 12.8 Å². The highest BCUT2D eigenvalue weighted by Gasteiger charge is 2.37. The van der Waals surface area contributed by atoms with Crippen LogP contribution in [0.5, 0.6) is 0 Å².